The zero-order valence-electron chi connectivity index (χ0n) is 16.3. The van der Waals surface area contributed by atoms with Gasteiger partial charge in [-0.2, -0.15) is 0 Å². The molecule has 0 saturated heterocycles. The Labute approximate surface area is 139 Å². The van der Waals surface area contributed by atoms with Gasteiger partial charge in [-0.3, -0.25) is 0 Å². The first-order valence-corrected chi connectivity index (χ1v) is 14.7. The van der Waals surface area contributed by atoms with Crippen molar-refractivity contribution in [1.29, 1.82) is 0 Å². The van der Waals surface area contributed by atoms with E-state index < -0.39 is 21.6 Å². The summed E-state index contributed by atoms with van der Waals surface area (Å²) in [5, 5.41) is -0.673. The molecular formula is C17H36O3Si2. The SMILES string of the molecule is C=C(C)C(=O)OC(C)(C)[Si](C)(C)OC(CC)(CC)[Si](C)(C)C. The summed E-state index contributed by atoms with van der Waals surface area (Å²) >= 11 is 0. The Kier molecular flexibility index (Phi) is 6.89. The molecule has 0 aromatic carbocycles. The van der Waals surface area contributed by atoms with Gasteiger partial charge in [-0.05, 0) is 46.7 Å². The molecule has 0 spiro atoms. The third-order valence-electron chi connectivity index (χ3n) is 5.11. The fourth-order valence-electron chi connectivity index (χ4n) is 2.66. The van der Waals surface area contributed by atoms with Crippen LogP contribution in [-0.2, 0) is 14.0 Å². The van der Waals surface area contributed by atoms with Crippen molar-refractivity contribution in [1.82, 2.24) is 0 Å². The van der Waals surface area contributed by atoms with E-state index >= 15 is 0 Å². The number of hydrogen-bond acceptors (Lipinski definition) is 3. The molecule has 0 unspecified atom stereocenters. The first kappa shape index (κ1) is 21.6. The Bertz CT molecular complexity index is 416. The molecular weight excluding hydrogens is 308 g/mol. The third-order valence-corrected chi connectivity index (χ3v) is 12.8. The number of carbonyl (C=O) groups excluding carboxylic acids is 1. The molecule has 0 aliphatic heterocycles. The maximum atomic E-state index is 12.0. The van der Waals surface area contributed by atoms with Crippen molar-refractivity contribution in [2.75, 3.05) is 0 Å². The van der Waals surface area contributed by atoms with Gasteiger partial charge in [0, 0.05) is 10.8 Å². The molecule has 0 amide bonds. The smallest absolute Gasteiger partial charge is 0.333 e. The van der Waals surface area contributed by atoms with Crippen molar-refractivity contribution in [3.05, 3.63) is 12.2 Å². The third kappa shape index (κ3) is 4.55. The van der Waals surface area contributed by atoms with Crippen LogP contribution in [0.3, 0.4) is 0 Å². The second-order valence-electron chi connectivity index (χ2n) is 8.24. The number of hydrogen-bond donors (Lipinski definition) is 0. The molecule has 0 aromatic rings. The molecule has 130 valence electrons. The molecule has 0 N–H and O–H groups in total. The summed E-state index contributed by atoms with van der Waals surface area (Å²) in [5.41, 5.74) is 0.431. The van der Waals surface area contributed by atoms with Crippen molar-refractivity contribution >= 4 is 22.4 Å². The minimum absolute atomic E-state index is 0.0738. The minimum Gasteiger partial charge on any atom is -0.457 e. The van der Waals surface area contributed by atoms with Gasteiger partial charge in [-0.25, -0.2) is 4.79 Å². The molecule has 0 atom stereocenters. The first-order chi connectivity index (χ1) is 9.66. The molecule has 0 aliphatic carbocycles. The quantitative estimate of drug-likeness (QED) is 0.350. The summed E-state index contributed by atoms with van der Waals surface area (Å²) in [6, 6.07) is 0. The lowest BCUT2D eigenvalue weighted by molar-refractivity contribution is -0.147. The lowest BCUT2D eigenvalue weighted by Gasteiger charge is -2.51. The second-order valence-corrected chi connectivity index (χ2v) is 18.1. The van der Waals surface area contributed by atoms with Crippen molar-refractivity contribution in [2.24, 2.45) is 0 Å². The lowest BCUT2D eigenvalue weighted by atomic mass is 10.2. The molecule has 0 saturated carbocycles. The standard InChI is InChI=1S/C17H36O3Si2/c1-12-17(13-2,21(7,8)9)20-22(10,11)16(5,6)19-15(18)14(3)4/h3,12-13H2,1-2,4-11H3. The van der Waals surface area contributed by atoms with E-state index in [1.54, 1.807) is 6.92 Å². The van der Waals surface area contributed by atoms with Crippen LogP contribution in [0, 0.1) is 0 Å². The van der Waals surface area contributed by atoms with Crippen LogP contribution in [0.5, 0.6) is 0 Å². The van der Waals surface area contributed by atoms with Gasteiger partial charge in [-0.1, -0.05) is 40.1 Å². The van der Waals surface area contributed by atoms with E-state index in [1.807, 2.05) is 13.8 Å². The fourth-order valence-corrected chi connectivity index (χ4v) is 8.62. The first-order valence-electron chi connectivity index (χ1n) is 8.25. The summed E-state index contributed by atoms with van der Waals surface area (Å²) in [4.78, 5) is 12.0. The second kappa shape index (κ2) is 7.01. The van der Waals surface area contributed by atoms with E-state index in [1.165, 1.54) is 0 Å². The zero-order valence-corrected chi connectivity index (χ0v) is 18.3. The zero-order chi connectivity index (χ0) is 18.0. The average molecular weight is 345 g/mol. The molecule has 0 aliphatic rings. The normalized spacial score (nSPS) is 13.9. The van der Waals surface area contributed by atoms with E-state index in [2.05, 4.69) is 53.2 Å². The number of carbonyl (C=O) groups is 1. The van der Waals surface area contributed by atoms with Crippen molar-refractivity contribution in [3.63, 3.8) is 0 Å². The highest BCUT2D eigenvalue weighted by atomic mass is 28.4. The monoisotopic (exact) mass is 344 g/mol. The molecule has 0 bridgehead atoms. The van der Waals surface area contributed by atoms with E-state index in [4.69, 9.17) is 9.16 Å². The molecule has 5 heteroatoms. The number of ether oxygens (including phenoxy) is 1. The molecule has 0 radical (unpaired) electrons. The van der Waals surface area contributed by atoms with Gasteiger partial charge < -0.3 is 9.16 Å². The van der Waals surface area contributed by atoms with E-state index in [0.717, 1.165) is 12.8 Å². The lowest BCUT2D eigenvalue weighted by Crippen LogP contribution is -2.65. The molecule has 0 rings (SSSR count). The summed E-state index contributed by atoms with van der Waals surface area (Å²) in [6.07, 6.45) is 2.00. The van der Waals surface area contributed by atoms with Crippen LogP contribution in [0.4, 0.5) is 0 Å². The number of rotatable bonds is 8. The maximum Gasteiger partial charge on any atom is 0.333 e. The van der Waals surface area contributed by atoms with Gasteiger partial charge in [0.15, 0.2) is 0 Å². The number of esters is 1. The van der Waals surface area contributed by atoms with Crippen LogP contribution in [0.15, 0.2) is 12.2 Å². The molecule has 0 heterocycles. The Morgan fingerprint density at radius 3 is 1.73 bits per heavy atom. The minimum atomic E-state index is -2.28. The van der Waals surface area contributed by atoms with Gasteiger partial charge in [0.25, 0.3) is 0 Å². The Hall–Kier alpha value is -0.396. The van der Waals surface area contributed by atoms with Gasteiger partial charge in [0.2, 0.25) is 8.32 Å². The van der Waals surface area contributed by atoms with Crippen LogP contribution in [-0.4, -0.2) is 32.8 Å². The largest absolute Gasteiger partial charge is 0.457 e. The van der Waals surface area contributed by atoms with E-state index in [-0.39, 0.29) is 11.2 Å². The Morgan fingerprint density at radius 2 is 1.45 bits per heavy atom. The van der Waals surface area contributed by atoms with E-state index in [0.29, 0.717) is 5.57 Å². The summed E-state index contributed by atoms with van der Waals surface area (Å²) in [6.45, 7) is 25.1. The summed E-state index contributed by atoms with van der Waals surface area (Å²) in [5.74, 6) is -0.333. The van der Waals surface area contributed by atoms with Crippen molar-refractivity contribution < 1.29 is 14.0 Å². The topological polar surface area (TPSA) is 35.5 Å². The molecule has 3 nitrogen and oxygen atoms in total. The fraction of sp³-hybridized carbons (Fsp3) is 0.824. The maximum absolute atomic E-state index is 12.0. The van der Waals surface area contributed by atoms with E-state index in [9.17, 15) is 4.79 Å². The van der Waals surface area contributed by atoms with Gasteiger partial charge in [0.1, 0.15) is 5.22 Å². The molecule has 22 heavy (non-hydrogen) atoms. The Balaban J connectivity index is 5.53. The van der Waals surface area contributed by atoms with Gasteiger partial charge in [-0.15, -0.1) is 0 Å². The van der Waals surface area contributed by atoms with Crippen molar-refractivity contribution in [2.45, 2.75) is 90.6 Å². The summed E-state index contributed by atoms with van der Waals surface area (Å²) in [7, 11) is -3.81. The highest BCUT2D eigenvalue weighted by Gasteiger charge is 2.52. The van der Waals surface area contributed by atoms with Gasteiger partial charge in [0.05, 0.1) is 8.07 Å². The average Bonchev–Trinajstić information content (AvgIpc) is 2.33. The Morgan fingerprint density at radius 1 is 1.05 bits per heavy atom. The van der Waals surface area contributed by atoms with Gasteiger partial charge >= 0.3 is 5.97 Å². The van der Waals surface area contributed by atoms with Crippen molar-refractivity contribution in [3.8, 4) is 0 Å². The summed E-state index contributed by atoms with van der Waals surface area (Å²) < 4.78 is 12.6. The molecule has 0 fully saturated rings. The van der Waals surface area contributed by atoms with Crippen LogP contribution < -0.4 is 0 Å². The highest BCUT2D eigenvalue weighted by molar-refractivity contribution is 6.81. The van der Waals surface area contributed by atoms with Crippen LogP contribution in [0.2, 0.25) is 32.7 Å². The van der Waals surface area contributed by atoms with Crippen LogP contribution in [0.1, 0.15) is 47.5 Å². The predicted molar refractivity (Wildman–Crippen MR) is 100 cm³/mol. The van der Waals surface area contributed by atoms with Crippen LogP contribution >= 0.6 is 0 Å². The van der Waals surface area contributed by atoms with Crippen LogP contribution in [0.25, 0.3) is 0 Å². The molecule has 0 aromatic heterocycles. The highest BCUT2D eigenvalue weighted by Crippen LogP contribution is 2.38. The predicted octanol–water partition coefficient (Wildman–Crippen LogP) is 5.08.